The Morgan fingerprint density at radius 3 is 2.15 bits per heavy atom. The first-order valence-corrected chi connectivity index (χ1v) is 8.73. The van der Waals surface area contributed by atoms with Crippen molar-refractivity contribution < 1.29 is 14.4 Å². The summed E-state index contributed by atoms with van der Waals surface area (Å²) in [5.41, 5.74) is 3.70. The van der Waals surface area contributed by atoms with Gasteiger partial charge in [-0.2, -0.15) is 0 Å². The average Bonchev–Trinajstić information content (AvgIpc) is 2.58. The number of nitrogens with one attached hydrogen (secondary N) is 2. The van der Waals surface area contributed by atoms with E-state index >= 15 is 0 Å². The predicted molar refractivity (Wildman–Crippen MR) is 108 cm³/mol. The van der Waals surface area contributed by atoms with E-state index in [1.165, 1.54) is 13.0 Å². The van der Waals surface area contributed by atoms with Gasteiger partial charge in [0.25, 0.3) is 5.91 Å². The third-order valence-electron chi connectivity index (χ3n) is 3.93. The molecule has 0 radical (unpaired) electrons. The maximum atomic E-state index is 12.2. The molecule has 0 unspecified atom stereocenters. The fourth-order valence-electron chi connectivity index (χ4n) is 2.51. The minimum Gasteiger partial charge on any atom is -0.322 e. The lowest BCUT2D eigenvalue weighted by molar-refractivity contribution is -0.114. The van der Waals surface area contributed by atoms with Gasteiger partial charge >= 0.3 is 0 Å². The molecule has 2 amide bonds. The lowest BCUT2D eigenvalue weighted by atomic mass is 10.1. The molecule has 0 aromatic heterocycles. The molecule has 140 valence electrons. The fraction of sp³-hybridized carbons (Fsp3) is 0.190. The zero-order chi connectivity index (χ0) is 20.1. The summed E-state index contributed by atoms with van der Waals surface area (Å²) < 4.78 is 0. The van der Waals surface area contributed by atoms with Crippen LogP contribution in [0, 0.1) is 13.8 Å². The maximum Gasteiger partial charge on any atom is 0.251 e. The maximum absolute atomic E-state index is 12.2. The predicted octanol–water partition coefficient (Wildman–Crippen LogP) is 4.68. The Labute approximate surface area is 163 Å². The molecule has 0 atom stereocenters. The first kappa shape index (κ1) is 20.4. The van der Waals surface area contributed by atoms with Crippen molar-refractivity contribution in [2.24, 2.45) is 0 Å². The van der Waals surface area contributed by atoms with Crippen molar-refractivity contribution in [1.29, 1.82) is 0 Å². The lowest BCUT2D eigenvalue weighted by Gasteiger charge is -2.11. The molecule has 0 bridgehead atoms. The second-order valence-corrected chi connectivity index (χ2v) is 6.75. The molecule has 2 aromatic carbocycles. The van der Waals surface area contributed by atoms with Crippen LogP contribution in [0.2, 0.25) is 5.02 Å². The second-order valence-electron chi connectivity index (χ2n) is 6.34. The molecule has 2 rings (SSSR count). The topological polar surface area (TPSA) is 75.3 Å². The van der Waals surface area contributed by atoms with Gasteiger partial charge in [-0.05, 0) is 69.2 Å². The van der Waals surface area contributed by atoms with Crippen molar-refractivity contribution in [3.05, 3.63) is 69.8 Å². The van der Waals surface area contributed by atoms with Gasteiger partial charge in [0.1, 0.15) is 0 Å². The van der Waals surface area contributed by atoms with Crippen molar-refractivity contribution in [1.82, 2.24) is 0 Å². The number of aryl methyl sites for hydroxylation is 2. The van der Waals surface area contributed by atoms with Gasteiger partial charge in [0, 0.05) is 22.9 Å². The Balaban J connectivity index is 2.06. The molecule has 0 aliphatic carbocycles. The normalized spacial score (nSPS) is 11.1. The highest BCUT2D eigenvalue weighted by molar-refractivity contribution is 6.34. The highest BCUT2D eigenvalue weighted by Crippen LogP contribution is 2.27. The summed E-state index contributed by atoms with van der Waals surface area (Å²) in [6, 6.07) is 10.2. The number of hydrogen-bond acceptors (Lipinski definition) is 3. The number of hydrogen-bond donors (Lipinski definition) is 2. The molecule has 0 aliphatic rings. The number of carbonyl (C=O) groups is 3. The van der Waals surface area contributed by atoms with Crippen LogP contribution in [0.5, 0.6) is 0 Å². The Kier molecular flexibility index (Phi) is 6.53. The quantitative estimate of drug-likeness (QED) is 0.580. The molecule has 0 saturated carbocycles. The van der Waals surface area contributed by atoms with Crippen molar-refractivity contribution in [3.63, 3.8) is 0 Å². The van der Waals surface area contributed by atoms with E-state index in [0.29, 0.717) is 22.0 Å². The van der Waals surface area contributed by atoms with Crippen LogP contribution in [-0.4, -0.2) is 17.6 Å². The third kappa shape index (κ3) is 5.53. The molecular formula is C21H21ClN2O3. The van der Waals surface area contributed by atoms with Crippen molar-refractivity contribution in [2.75, 3.05) is 10.6 Å². The number of Topliss-reactive ketones (excluding diaryl/α,β-unsaturated/α-hetero) is 1. The Morgan fingerprint density at radius 2 is 1.59 bits per heavy atom. The van der Waals surface area contributed by atoms with Crippen molar-refractivity contribution in [2.45, 2.75) is 27.7 Å². The molecule has 5 nitrogen and oxygen atoms in total. The van der Waals surface area contributed by atoms with Gasteiger partial charge in [0.2, 0.25) is 5.91 Å². The monoisotopic (exact) mass is 384 g/mol. The van der Waals surface area contributed by atoms with E-state index in [2.05, 4.69) is 10.6 Å². The fourth-order valence-corrected chi connectivity index (χ4v) is 2.88. The van der Waals surface area contributed by atoms with Gasteiger partial charge in [-0.15, -0.1) is 0 Å². The van der Waals surface area contributed by atoms with Gasteiger partial charge in [0.05, 0.1) is 10.7 Å². The number of amides is 2. The van der Waals surface area contributed by atoms with Gasteiger partial charge in [0.15, 0.2) is 5.78 Å². The van der Waals surface area contributed by atoms with Crippen LogP contribution < -0.4 is 10.6 Å². The first-order chi connectivity index (χ1) is 12.7. The zero-order valence-electron chi connectivity index (χ0n) is 15.6. The summed E-state index contributed by atoms with van der Waals surface area (Å²) in [7, 11) is 0. The summed E-state index contributed by atoms with van der Waals surface area (Å²) in [4.78, 5) is 35.7. The number of halogens is 1. The van der Waals surface area contributed by atoms with E-state index in [1.54, 1.807) is 37.3 Å². The molecule has 2 aromatic rings. The highest BCUT2D eigenvalue weighted by atomic mass is 35.5. The number of rotatable bonds is 5. The number of carbonyl (C=O) groups excluding carboxylic acids is 3. The van der Waals surface area contributed by atoms with Crippen LogP contribution in [0.4, 0.5) is 11.4 Å². The largest absolute Gasteiger partial charge is 0.322 e. The van der Waals surface area contributed by atoms with Crippen molar-refractivity contribution >= 4 is 40.6 Å². The molecular weight excluding hydrogens is 364 g/mol. The van der Waals surface area contributed by atoms with Gasteiger partial charge < -0.3 is 10.6 Å². The van der Waals surface area contributed by atoms with Gasteiger partial charge in [-0.1, -0.05) is 17.7 Å². The van der Waals surface area contributed by atoms with E-state index in [-0.39, 0.29) is 11.4 Å². The SMILES string of the molecule is CC(=O)c1ccc(NC(=O)/C(C)=C\C(=O)Nc2c(C)cc(C)cc2Cl)cc1. The van der Waals surface area contributed by atoms with Gasteiger partial charge in [-0.3, -0.25) is 14.4 Å². The van der Waals surface area contributed by atoms with E-state index in [1.807, 2.05) is 19.9 Å². The lowest BCUT2D eigenvalue weighted by Crippen LogP contribution is -2.16. The van der Waals surface area contributed by atoms with E-state index < -0.39 is 11.8 Å². The zero-order valence-corrected chi connectivity index (χ0v) is 16.4. The molecule has 0 fully saturated rings. The molecule has 0 aliphatic heterocycles. The van der Waals surface area contributed by atoms with Gasteiger partial charge in [-0.25, -0.2) is 0 Å². The molecule has 27 heavy (non-hydrogen) atoms. The number of anilines is 2. The second kappa shape index (κ2) is 8.64. The minimum atomic E-state index is -0.441. The molecule has 6 heteroatoms. The van der Waals surface area contributed by atoms with Crippen LogP contribution in [0.3, 0.4) is 0 Å². The summed E-state index contributed by atoms with van der Waals surface area (Å²) in [6.45, 7) is 6.79. The highest BCUT2D eigenvalue weighted by Gasteiger charge is 2.11. The number of benzene rings is 2. The third-order valence-corrected chi connectivity index (χ3v) is 4.23. The Hall–Kier alpha value is -2.92. The standard InChI is InChI=1S/C21H21ClN2O3/c1-12-9-13(2)20(18(22)10-12)24-19(26)11-14(3)21(27)23-17-7-5-16(6-8-17)15(4)25/h5-11H,1-4H3,(H,23,27)(H,24,26)/b14-11-. The van der Waals surface area contributed by atoms with Crippen LogP contribution in [0.25, 0.3) is 0 Å². The van der Waals surface area contributed by atoms with E-state index in [9.17, 15) is 14.4 Å². The first-order valence-electron chi connectivity index (χ1n) is 8.35. The van der Waals surface area contributed by atoms with Crippen LogP contribution in [0.15, 0.2) is 48.0 Å². The minimum absolute atomic E-state index is 0.0503. The van der Waals surface area contributed by atoms with Crippen molar-refractivity contribution in [3.8, 4) is 0 Å². The Bertz CT molecular complexity index is 908. The Morgan fingerprint density at radius 1 is 0.963 bits per heavy atom. The molecule has 0 heterocycles. The van der Waals surface area contributed by atoms with Crippen LogP contribution in [0.1, 0.15) is 35.3 Å². The molecule has 0 spiro atoms. The summed E-state index contributed by atoms with van der Waals surface area (Å²) in [5, 5.41) is 5.84. The number of ketones is 1. The van der Waals surface area contributed by atoms with E-state index in [0.717, 1.165) is 11.1 Å². The van der Waals surface area contributed by atoms with E-state index in [4.69, 9.17) is 11.6 Å². The summed E-state index contributed by atoms with van der Waals surface area (Å²) >= 11 is 6.18. The molecule has 0 saturated heterocycles. The summed E-state index contributed by atoms with van der Waals surface area (Å²) in [5.74, 6) is -0.901. The average molecular weight is 385 g/mol. The summed E-state index contributed by atoms with van der Waals surface area (Å²) in [6.07, 6.45) is 1.22. The molecule has 2 N–H and O–H groups in total. The smallest absolute Gasteiger partial charge is 0.251 e. The van der Waals surface area contributed by atoms with Crippen LogP contribution in [-0.2, 0) is 9.59 Å². The van der Waals surface area contributed by atoms with Crippen LogP contribution >= 0.6 is 11.6 Å².